The predicted molar refractivity (Wildman–Crippen MR) is 189 cm³/mol. The average molecular weight is 694 g/mol. The first-order valence-electron chi connectivity index (χ1n) is 17.2. The lowest BCUT2D eigenvalue weighted by Crippen LogP contribution is -2.55. The van der Waals surface area contributed by atoms with E-state index in [0.717, 1.165) is 23.2 Å². The molecule has 1 heterocycles. The molecule has 0 unspecified atom stereocenters. The smallest absolute Gasteiger partial charge is 0.303 e. The van der Waals surface area contributed by atoms with Crippen LogP contribution in [0.5, 0.6) is 0 Å². The summed E-state index contributed by atoms with van der Waals surface area (Å²) >= 11 is 0. The summed E-state index contributed by atoms with van der Waals surface area (Å²) in [6.45, 7) is 8.65. The van der Waals surface area contributed by atoms with Gasteiger partial charge in [-0.15, -0.1) is 0 Å². The molecule has 4 amide bonds. The van der Waals surface area contributed by atoms with Crippen LogP contribution in [0.3, 0.4) is 0 Å². The molecule has 0 spiro atoms. The Labute approximate surface area is 289 Å². The number of aromatic amines is 1. The Balaban J connectivity index is 3.03. The van der Waals surface area contributed by atoms with Crippen molar-refractivity contribution in [3.8, 4) is 0 Å². The number of H-pyrrole nitrogens is 1. The van der Waals surface area contributed by atoms with Crippen molar-refractivity contribution in [3.05, 3.63) is 29.1 Å². The second-order valence-corrected chi connectivity index (χ2v) is 11.7. The number of hydrogen-bond donors (Lipinski definition) is 11. The molecular formula is C33H59N9O7. The van der Waals surface area contributed by atoms with E-state index in [2.05, 4.69) is 42.2 Å². The van der Waals surface area contributed by atoms with Crippen molar-refractivity contribution in [2.45, 2.75) is 83.8 Å². The number of aliphatic carboxylic acids is 1. The summed E-state index contributed by atoms with van der Waals surface area (Å²) < 4.78 is 0. The molecular weight excluding hydrogens is 634 g/mol. The van der Waals surface area contributed by atoms with E-state index >= 15 is 0 Å². The molecule has 0 bridgehead atoms. The van der Waals surface area contributed by atoms with Crippen LogP contribution in [0, 0.1) is 6.92 Å². The molecule has 0 radical (unpaired) electrons. The summed E-state index contributed by atoms with van der Waals surface area (Å²) in [4.78, 5) is 65.3. The fraction of sp³-hybridized carbons (Fsp3) is 0.667. The molecule has 0 saturated carbocycles. The Bertz CT molecular complexity index is 1180. The third-order valence-electron chi connectivity index (χ3n) is 7.58. The number of carboxylic acid groups (broad SMARTS) is 1. The molecule has 3 atom stereocenters. The second-order valence-electron chi connectivity index (χ2n) is 11.7. The van der Waals surface area contributed by atoms with Crippen molar-refractivity contribution in [2.24, 2.45) is 5.73 Å². The van der Waals surface area contributed by atoms with Gasteiger partial charge in [0.1, 0.15) is 6.04 Å². The summed E-state index contributed by atoms with van der Waals surface area (Å²) in [6.07, 6.45) is 7.53. The van der Waals surface area contributed by atoms with Crippen LogP contribution < -0.4 is 43.0 Å². The van der Waals surface area contributed by atoms with Crippen molar-refractivity contribution in [1.82, 2.24) is 42.2 Å². The van der Waals surface area contributed by atoms with E-state index in [1.54, 1.807) is 0 Å². The lowest BCUT2D eigenvalue weighted by Gasteiger charge is -2.24. The first-order chi connectivity index (χ1) is 23.6. The van der Waals surface area contributed by atoms with Gasteiger partial charge in [0.05, 0.1) is 25.2 Å². The van der Waals surface area contributed by atoms with Gasteiger partial charge in [0, 0.05) is 63.9 Å². The molecule has 1 aromatic heterocycles. The Morgan fingerprint density at radius 1 is 0.898 bits per heavy atom. The van der Waals surface area contributed by atoms with Crippen LogP contribution in [0.25, 0.3) is 6.08 Å². The number of allylic oxidation sites excluding steroid dienone is 1. The zero-order valence-electron chi connectivity index (χ0n) is 29.3. The summed E-state index contributed by atoms with van der Waals surface area (Å²) in [7, 11) is 0. The fourth-order valence-corrected chi connectivity index (χ4v) is 4.88. The molecule has 16 heteroatoms. The number of aryl methyl sites for hydroxylation is 1. The molecule has 1 rings (SSSR count). The lowest BCUT2D eigenvalue weighted by atomic mass is 10.0. The van der Waals surface area contributed by atoms with Crippen LogP contribution in [0.2, 0.25) is 0 Å². The average Bonchev–Trinajstić information content (AvgIpc) is 3.42. The molecule has 12 N–H and O–H groups in total. The normalized spacial score (nSPS) is 13.1. The summed E-state index contributed by atoms with van der Waals surface area (Å²) in [5.41, 5.74) is 8.31. The molecule has 0 aliphatic rings. The maximum atomic E-state index is 13.7. The molecule has 278 valence electrons. The number of aromatic nitrogens is 1. The number of nitrogens with one attached hydrogen (secondary N) is 8. The number of hydrogen-bond acceptors (Lipinski definition) is 10. The zero-order valence-corrected chi connectivity index (χ0v) is 29.3. The maximum absolute atomic E-state index is 13.7. The van der Waals surface area contributed by atoms with E-state index in [0.29, 0.717) is 45.7 Å². The number of carboxylic acids is 1. The Kier molecular flexibility index (Phi) is 23.0. The van der Waals surface area contributed by atoms with E-state index < -0.39 is 30.0 Å². The van der Waals surface area contributed by atoms with Crippen molar-refractivity contribution in [3.63, 3.8) is 0 Å². The van der Waals surface area contributed by atoms with Crippen LogP contribution >= 0.6 is 0 Å². The summed E-state index contributed by atoms with van der Waals surface area (Å²) in [6, 6.07) is -2.26. The number of carbonyl (C=O) groups excluding carboxylic acids is 4. The molecule has 16 nitrogen and oxygen atoms in total. The number of rotatable bonds is 28. The van der Waals surface area contributed by atoms with Crippen LogP contribution in [0.4, 0.5) is 0 Å². The van der Waals surface area contributed by atoms with Crippen LogP contribution in [-0.2, 0) is 30.4 Å². The van der Waals surface area contributed by atoms with Crippen molar-refractivity contribution in [1.29, 1.82) is 0 Å². The SMILES string of the molecule is CC/C=C\c1c(C[C@@H](NC(=O)[C@H](CCNCCN)NCCNC(=O)CNCC)C(=O)NCC[C@H](CO)NC(=O)CCCC(=O)O)c[nH]c1C. The van der Waals surface area contributed by atoms with Crippen molar-refractivity contribution in [2.75, 3.05) is 59.0 Å². The number of amides is 4. The van der Waals surface area contributed by atoms with Crippen molar-refractivity contribution >= 4 is 35.7 Å². The molecule has 49 heavy (non-hydrogen) atoms. The Morgan fingerprint density at radius 3 is 2.35 bits per heavy atom. The minimum atomic E-state index is -0.992. The highest BCUT2D eigenvalue weighted by molar-refractivity contribution is 5.90. The molecule has 1 aromatic rings. The van der Waals surface area contributed by atoms with Gasteiger partial charge in [-0.05, 0) is 56.8 Å². The first kappa shape index (κ1) is 43.2. The third kappa shape index (κ3) is 19.1. The van der Waals surface area contributed by atoms with Gasteiger partial charge >= 0.3 is 5.97 Å². The number of likely N-dealkylation sites (N-methyl/N-ethyl adjacent to an activating group) is 1. The molecule has 0 aliphatic heterocycles. The quantitative estimate of drug-likeness (QED) is 0.0457. The van der Waals surface area contributed by atoms with Gasteiger partial charge in [-0.2, -0.15) is 0 Å². The molecule has 0 aromatic carbocycles. The van der Waals surface area contributed by atoms with E-state index in [-0.39, 0.29) is 69.5 Å². The van der Waals surface area contributed by atoms with E-state index in [1.807, 2.05) is 39.1 Å². The Morgan fingerprint density at radius 2 is 1.67 bits per heavy atom. The predicted octanol–water partition coefficient (Wildman–Crippen LogP) is -1.37. The summed E-state index contributed by atoms with van der Waals surface area (Å²) in [5.74, 6) is -2.34. The highest BCUT2D eigenvalue weighted by Crippen LogP contribution is 2.18. The topological polar surface area (TPSA) is 252 Å². The van der Waals surface area contributed by atoms with E-state index in [1.165, 1.54) is 0 Å². The van der Waals surface area contributed by atoms with Gasteiger partial charge in [0.2, 0.25) is 23.6 Å². The van der Waals surface area contributed by atoms with E-state index in [4.69, 9.17) is 10.8 Å². The largest absolute Gasteiger partial charge is 0.481 e. The van der Waals surface area contributed by atoms with E-state index in [9.17, 15) is 29.1 Å². The zero-order chi connectivity index (χ0) is 36.4. The van der Waals surface area contributed by atoms with Gasteiger partial charge in [0.25, 0.3) is 0 Å². The van der Waals surface area contributed by atoms with Gasteiger partial charge in [-0.25, -0.2) is 0 Å². The highest BCUT2D eigenvalue weighted by atomic mass is 16.4. The monoisotopic (exact) mass is 693 g/mol. The van der Waals surface area contributed by atoms with Crippen LogP contribution in [0.1, 0.15) is 69.2 Å². The highest BCUT2D eigenvalue weighted by Gasteiger charge is 2.27. The Hall–Kier alpha value is -3.83. The number of carbonyl (C=O) groups is 5. The minimum Gasteiger partial charge on any atom is -0.481 e. The maximum Gasteiger partial charge on any atom is 0.303 e. The second kappa shape index (κ2) is 26.1. The third-order valence-corrected chi connectivity index (χ3v) is 7.58. The number of nitrogens with two attached hydrogens (primary N) is 1. The molecule has 0 fully saturated rings. The minimum absolute atomic E-state index is 0.00748. The van der Waals surface area contributed by atoms with Crippen molar-refractivity contribution < 1.29 is 34.2 Å². The first-order valence-corrected chi connectivity index (χ1v) is 17.2. The van der Waals surface area contributed by atoms with Crippen LogP contribution in [0.15, 0.2) is 12.3 Å². The van der Waals surface area contributed by atoms with Gasteiger partial charge in [0.15, 0.2) is 0 Å². The van der Waals surface area contributed by atoms with Gasteiger partial charge in [-0.1, -0.05) is 26.0 Å². The lowest BCUT2D eigenvalue weighted by molar-refractivity contribution is -0.137. The van der Waals surface area contributed by atoms with Gasteiger partial charge < -0.3 is 58.1 Å². The van der Waals surface area contributed by atoms with Gasteiger partial charge in [-0.3, -0.25) is 24.0 Å². The molecule has 0 aliphatic carbocycles. The fourth-order valence-electron chi connectivity index (χ4n) is 4.88. The number of aliphatic hydroxyl groups excluding tert-OH is 1. The van der Waals surface area contributed by atoms with Crippen LogP contribution in [-0.4, -0.2) is 122 Å². The standard InChI is InChI=1S/C33H59N9O7/c1-4-6-8-26-23(3)40-20-24(26)19-28(32(48)39-15-11-25(22-43)41-29(44)9-7-10-31(46)47)42-33(49)27(12-14-36-16-13-34)37-17-18-38-30(45)21-35-5-2/h6,8,20,25,27-28,35-37,40,43H,4-5,7,9-19,21-22,34H2,1-3H3,(H,38,45)(H,39,48)(H,41,44)(H,42,49)(H,46,47)/b8-6-/t25-,27+,28-/m1/s1. The summed E-state index contributed by atoms with van der Waals surface area (Å²) in [5, 5.41) is 39.1. The molecule has 0 saturated heterocycles. The number of aliphatic hydroxyl groups is 1.